The van der Waals surface area contributed by atoms with Crippen molar-refractivity contribution in [1.82, 2.24) is 0 Å². The molecule has 0 spiro atoms. The number of nitrogens with zero attached hydrogens (tertiary/aromatic N) is 1. The number of benzene rings is 2. The first kappa shape index (κ1) is 14.4. The van der Waals surface area contributed by atoms with Gasteiger partial charge in [0.1, 0.15) is 0 Å². The van der Waals surface area contributed by atoms with Crippen LogP contribution in [-0.4, -0.2) is 4.92 Å². The van der Waals surface area contributed by atoms with Crippen LogP contribution in [0.4, 0.5) is 18.9 Å². The van der Waals surface area contributed by atoms with Crippen molar-refractivity contribution < 1.29 is 18.1 Å². The normalized spacial score (nSPS) is 10.6. The van der Waals surface area contributed by atoms with Gasteiger partial charge in [-0.1, -0.05) is 12.1 Å². The fraction of sp³-hybridized carbons (Fsp3) is 0.0769. The van der Waals surface area contributed by atoms with Crippen LogP contribution in [0.2, 0.25) is 0 Å². The van der Waals surface area contributed by atoms with Crippen molar-refractivity contribution in [2.75, 3.05) is 0 Å². The summed E-state index contributed by atoms with van der Waals surface area (Å²) in [6.07, 6.45) is 0. The van der Waals surface area contributed by atoms with Crippen molar-refractivity contribution >= 4 is 17.4 Å². The molecule has 104 valence electrons. The van der Waals surface area contributed by atoms with Crippen LogP contribution in [0.25, 0.3) is 0 Å². The number of rotatable bonds is 4. The standard InChI is InChI=1S/C13H8F3NO2S/c14-10-5-4-9(6-11(10)15)20-7-8-2-1-3-12(13(8)16)17(18)19/h1-6H,7H2. The summed E-state index contributed by atoms with van der Waals surface area (Å²) in [5, 5.41) is 10.6. The Morgan fingerprint density at radius 1 is 1.10 bits per heavy atom. The van der Waals surface area contributed by atoms with E-state index in [1.165, 1.54) is 18.2 Å². The molecule has 20 heavy (non-hydrogen) atoms. The van der Waals surface area contributed by atoms with E-state index in [2.05, 4.69) is 0 Å². The second-order valence-corrected chi connectivity index (χ2v) is 4.92. The largest absolute Gasteiger partial charge is 0.305 e. The van der Waals surface area contributed by atoms with Crippen LogP contribution in [0.1, 0.15) is 5.56 Å². The fourth-order valence-corrected chi connectivity index (χ4v) is 2.44. The highest BCUT2D eigenvalue weighted by atomic mass is 32.2. The Morgan fingerprint density at radius 2 is 1.85 bits per heavy atom. The Kier molecular flexibility index (Phi) is 4.29. The number of nitro benzene ring substituents is 1. The molecular formula is C13H8F3NO2S. The van der Waals surface area contributed by atoms with E-state index in [0.29, 0.717) is 4.90 Å². The van der Waals surface area contributed by atoms with E-state index in [9.17, 15) is 23.3 Å². The average Bonchev–Trinajstić information content (AvgIpc) is 2.41. The number of halogens is 3. The molecule has 0 unspecified atom stereocenters. The highest BCUT2D eigenvalue weighted by molar-refractivity contribution is 7.98. The first-order valence-electron chi connectivity index (χ1n) is 5.48. The third-order valence-corrected chi connectivity index (χ3v) is 3.58. The molecule has 3 nitrogen and oxygen atoms in total. The van der Waals surface area contributed by atoms with Crippen LogP contribution >= 0.6 is 11.8 Å². The smallest absolute Gasteiger partial charge is 0.258 e. The molecule has 0 saturated carbocycles. The van der Waals surface area contributed by atoms with E-state index in [4.69, 9.17) is 0 Å². The van der Waals surface area contributed by atoms with Gasteiger partial charge in [0.05, 0.1) is 4.92 Å². The number of hydrogen-bond acceptors (Lipinski definition) is 3. The highest BCUT2D eigenvalue weighted by Crippen LogP contribution is 2.28. The summed E-state index contributed by atoms with van der Waals surface area (Å²) in [6.45, 7) is 0. The molecule has 0 bridgehead atoms. The Labute approximate surface area is 116 Å². The van der Waals surface area contributed by atoms with Crippen molar-refractivity contribution in [2.24, 2.45) is 0 Å². The lowest BCUT2D eigenvalue weighted by Gasteiger charge is -2.04. The van der Waals surface area contributed by atoms with Gasteiger partial charge in [-0.3, -0.25) is 10.1 Å². The van der Waals surface area contributed by atoms with Crippen LogP contribution in [0.15, 0.2) is 41.3 Å². The van der Waals surface area contributed by atoms with Crippen molar-refractivity contribution in [3.05, 3.63) is 69.5 Å². The molecule has 2 rings (SSSR count). The minimum atomic E-state index is -0.991. The SMILES string of the molecule is O=[N+]([O-])c1cccc(CSc2ccc(F)c(F)c2)c1F. The molecule has 2 aromatic carbocycles. The van der Waals surface area contributed by atoms with Gasteiger partial charge in [0.25, 0.3) is 0 Å². The molecule has 0 atom stereocenters. The summed E-state index contributed by atoms with van der Waals surface area (Å²) in [6, 6.07) is 7.19. The quantitative estimate of drug-likeness (QED) is 0.480. The second kappa shape index (κ2) is 5.96. The van der Waals surface area contributed by atoms with Crippen molar-refractivity contribution in [3.63, 3.8) is 0 Å². The minimum absolute atomic E-state index is 0.0819. The molecule has 0 N–H and O–H groups in total. The van der Waals surface area contributed by atoms with Gasteiger partial charge < -0.3 is 0 Å². The summed E-state index contributed by atoms with van der Waals surface area (Å²) >= 11 is 1.06. The predicted octanol–water partition coefficient (Wildman–Crippen LogP) is 4.30. The zero-order chi connectivity index (χ0) is 14.7. The van der Waals surface area contributed by atoms with Gasteiger partial charge in [0.15, 0.2) is 11.6 Å². The van der Waals surface area contributed by atoms with Crippen LogP contribution in [0.5, 0.6) is 0 Å². The molecular weight excluding hydrogens is 291 g/mol. The molecule has 0 heterocycles. The van der Waals surface area contributed by atoms with Gasteiger partial charge in [-0.05, 0) is 18.2 Å². The number of hydrogen-bond donors (Lipinski definition) is 0. The third-order valence-electron chi connectivity index (χ3n) is 2.54. The monoisotopic (exact) mass is 299 g/mol. The molecule has 0 amide bonds. The summed E-state index contributed by atoms with van der Waals surface area (Å²) in [7, 11) is 0. The van der Waals surface area contributed by atoms with Gasteiger partial charge >= 0.3 is 5.69 Å². The first-order chi connectivity index (χ1) is 9.49. The second-order valence-electron chi connectivity index (χ2n) is 3.87. The maximum Gasteiger partial charge on any atom is 0.305 e. The van der Waals surface area contributed by atoms with Gasteiger partial charge in [0.2, 0.25) is 5.82 Å². The molecule has 0 saturated heterocycles. The zero-order valence-electron chi connectivity index (χ0n) is 9.98. The van der Waals surface area contributed by atoms with Crippen molar-refractivity contribution in [2.45, 2.75) is 10.6 Å². The van der Waals surface area contributed by atoms with E-state index in [1.807, 2.05) is 0 Å². The van der Waals surface area contributed by atoms with Crippen LogP contribution in [-0.2, 0) is 5.75 Å². The predicted molar refractivity (Wildman–Crippen MR) is 69.0 cm³/mol. The summed E-state index contributed by atoms with van der Waals surface area (Å²) in [5.74, 6) is -2.78. The molecule has 0 aliphatic carbocycles. The summed E-state index contributed by atoms with van der Waals surface area (Å²) in [5.41, 5.74) is -0.470. The first-order valence-corrected chi connectivity index (χ1v) is 6.47. The van der Waals surface area contributed by atoms with Gasteiger partial charge in [-0.25, -0.2) is 8.78 Å². The van der Waals surface area contributed by atoms with E-state index < -0.39 is 28.1 Å². The van der Waals surface area contributed by atoms with Gasteiger partial charge in [0, 0.05) is 22.3 Å². The Hall–Kier alpha value is -2.02. The summed E-state index contributed by atoms with van der Waals surface area (Å²) in [4.78, 5) is 10.2. The Morgan fingerprint density at radius 3 is 2.50 bits per heavy atom. The zero-order valence-corrected chi connectivity index (χ0v) is 10.8. The van der Waals surface area contributed by atoms with Crippen LogP contribution in [0, 0.1) is 27.6 Å². The molecule has 7 heteroatoms. The molecule has 0 radical (unpaired) electrons. The maximum absolute atomic E-state index is 13.8. The average molecular weight is 299 g/mol. The molecule has 0 aliphatic heterocycles. The highest BCUT2D eigenvalue weighted by Gasteiger charge is 2.17. The Balaban J connectivity index is 2.17. The number of thioether (sulfide) groups is 1. The Bertz CT molecular complexity index is 664. The topological polar surface area (TPSA) is 43.1 Å². The van der Waals surface area contributed by atoms with Gasteiger partial charge in [-0.2, -0.15) is 4.39 Å². The van der Waals surface area contributed by atoms with Gasteiger partial charge in [-0.15, -0.1) is 11.8 Å². The minimum Gasteiger partial charge on any atom is -0.258 e. The lowest BCUT2D eigenvalue weighted by Crippen LogP contribution is -1.96. The lowest BCUT2D eigenvalue weighted by molar-refractivity contribution is -0.387. The van der Waals surface area contributed by atoms with E-state index in [-0.39, 0.29) is 11.3 Å². The van der Waals surface area contributed by atoms with E-state index >= 15 is 0 Å². The number of nitro groups is 1. The van der Waals surface area contributed by atoms with Crippen molar-refractivity contribution in [1.29, 1.82) is 0 Å². The van der Waals surface area contributed by atoms with E-state index in [0.717, 1.165) is 30.0 Å². The molecule has 0 aliphatic rings. The maximum atomic E-state index is 13.8. The van der Waals surface area contributed by atoms with Crippen LogP contribution in [0.3, 0.4) is 0 Å². The molecule has 0 aromatic heterocycles. The van der Waals surface area contributed by atoms with Crippen LogP contribution < -0.4 is 0 Å². The molecule has 2 aromatic rings. The van der Waals surface area contributed by atoms with E-state index in [1.54, 1.807) is 0 Å². The third kappa shape index (κ3) is 3.11. The molecule has 0 fully saturated rings. The summed E-state index contributed by atoms with van der Waals surface area (Å²) < 4.78 is 39.5. The lowest BCUT2D eigenvalue weighted by atomic mass is 10.2. The van der Waals surface area contributed by atoms with Crippen molar-refractivity contribution in [3.8, 4) is 0 Å². The fourth-order valence-electron chi connectivity index (χ4n) is 1.55.